The second kappa shape index (κ2) is 11.3. The van der Waals surface area contributed by atoms with Crippen molar-refractivity contribution in [3.63, 3.8) is 0 Å². The van der Waals surface area contributed by atoms with Gasteiger partial charge in [0, 0.05) is 28.7 Å². The van der Waals surface area contributed by atoms with E-state index in [-0.39, 0.29) is 16.5 Å². The molecule has 0 aliphatic carbocycles. The van der Waals surface area contributed by atoms with Crippen molar-refractivity contribution in [3.8, 4) is 5.75 Å². The lowest BCUT2D eigenvalue weighted by atomic mass is 9.95. The molecule has 4 aromatic rings. The number of Topliss-reactive ketones (excluding diaryl/α,β-unsaturated/α-hetero) is 1. The summed E-state index contributed by atoms with van der Waals surface area (Å²) < 4.78 is 6.18. The van der Waals surface area contributed by atoms with Gasteiger partial charge in [0.1, 0.15) is 11.5 Å². The van der Waals surface area contributed by atoms with E-state index >= 15 is 0 Å². The summed E-state index contributed by atoms with van der Waals surface area (Å²) in [6.07, 6.45) is 3.01. The van der Waals surface area contributed by atoms with Crippen molar-refractivity contribution < 1.29 is 19.4 Å². The van der Waals surface area contributed by atoms with Crippen LogP contribution < -0.4 is 9.64 Å². The molecule has 5 rings (SSSR count). The molecule has 8 nitrogen and oxygen atoms in total. The van der Waals surface area contributed by atoms with E-state index < -0.39 is 17.7 Å². The van der Waals surface area contributed by atoms with Crippen molar-refractivity contribution in [1.82, 2.24) is 15.2 Å². The van der Waals surface area contributed by atoms with E-state index in [1.807, 2.05) is 31.2 Å². The minimum absolute atomic E-state index is 0.0315. The second-order valence-corrected chi connectivity index (χ2v) is 10.8. The molecule has 0 bridgehead atoms. The summed E-state index contributed by atoms with van der Waals surface area (Å²) in [5.74, 6) is -0.587. The molecule has 3 heterocycles. The van der Waals surface area contributed by atoms with Crippen molar-refractivity contribution in [3.05, 3.63) is 100 Å². The van der Waals surface area contributed by atoms with Gasteiger partial charge in [-0.1, -0.05) is 59.0 Å². The first kappa shape index (κ1) is 25.9. The lowest BCUT2D eigenvalue weighted by Gasteiger charge is -2.22. The highest BCUT2D eigenvalue weighted by Gasteiger charge is 2.48. The van der Waals surface area contributed by atoms with E-state index in [1.54, 1.807) is 36.4 Å². The smallest absolute Gasteiger partial charge is 0.301 e. The highest BCUT2D eigenvalue weighted by Crippen LogP contribution is 2.44. The van der Waals surface area contributed by atoms with Gasteiger partial charge < -0.3 is 9.84 Å². The number of ketones is 1. The molecule has 1 unspecified atom stereocenters. The minimum atomic E-state index is -0.902. The van der Waals surface area contributed by atoms with Crippen LogP contribution in [0.2, 0.25) is 5.02 Å². The van der Waals surface area contributed by atoms with Gasteiger partial charge in [-0.25, -0.2) is 0 Å². The van der Waals surface area contributed by atoms with Gasteiger partial charge in [0.2, 0.25) is 5.13 Å². The third-order valence-electron chi connectivity index (χ3n) is 5.78. The van der Waals surface area contributed by atoms with Crippen LogP contribution in [-0.2, 0) is 15.3 Å². The maximum Gasteiger partial charge on any atom is 0.301 e. The molecule has 0 radical (unpaired) electrons. The normalized spacial score (nSPS) is 16.7. The van der Waals surface area contributed by atoms with Crippen molar-refractivity contribution in [2.24, 2.45) is 0 Å². The molecule has 1 saturated heterocycles. The first-order chi connectivity index (χ1) is 18.5. The van der Waals surface area contributed by atoms with E-state index in [0.717, 1.165) is 5.56 Å². The van der Waals surface area contributed by atoms with E-state index in [0.29, 0.717) is 38.6 Å². The molecule has 1 atom stereocenters. The van der Waals surface area contributed by atoms with Crippen molar-refractivity contribution in [2.45, 2.75) is 23.1 Å². The van der Waals surface area contributed by atoms with E-state index in [9.17, 15) is 14.7 Å². The highest BCUT2D eigenvalue weighted by molar-refractivity contribution is 8.00. The molecular formula is C27H21ClN4O4S2. The quantitative estimate of drug-likeness (QED) is 0.0926. The number of aromatic nitrogens is 3. The SMILES string of the molecule is CCOc1ccc(C2C(=C(O)c3ccncc3)C(=O)C(=O)N2c2nnc(SCc3ccc(Cl)cc3)s2)cc1. The maximum absolute atomic E-state index is 13.3. The van der Waals surface area contributed by atoms with Gasteiger partial charge in [-0.2, -0.15) is 0 Å². The number of hydrogen-bond donors (Lipinski definition) is 1. The molecular weight excluding hydrogens is 544 g/mol. The predicted molar refractivity (Wildman–Crippen MR) is 148 cm³/mol. The number of pyridine rings is 1. The number of halogens is 1. The average Bonchev–Trinajstić information content (AvgIpc) is 3.51. The zero-order chi connectivity index (χ0) is 26.6. The molecule has 2 aromatic heterocycles. The topological polar surface area (TPSA) is 106 Å². The lowest BCUT2D eigenvalue weighted by Crippen LogP contribution is -2.29. The van der Waals surface area contributed by atoms with Crippen LogP contribution >= 0.6 is 34.7 Å². The summed E-state index contributed by atoms with van der Waals surface area (Å²) in [6.45, 7) is 2.39. The molecule has 2 aromatic carbocycles. The average molecular weight is 565 g/mol. The van der Waals surface area contributed by atoms with Gasteiger partial charge in [0.15, 0.2) is 4.34 Å². The van der Waals surface area contributed by atoms with Crippen LogP contribution in [0.5, 0.6) is 5.75 Å². The van der Waals surface area contributed by atoms with Crippen LogP contribution in [0, 0.1) is 0 Å². The van der Waals surface area contributed by atoms with Gasteiger partial charge in [0.25, 0.3) is 5.78 Å². The van der Waals surface area contributed by atoms with Gasteiger partial charge in [-0.05, 0) is 54.4 Å². The van der Waals surface area contributed by atoms with Crippen LogP contribution in [0.1, 0.15) is 29.7 Å². The van der Waals surface area contributed by atoms with Gasteiger partial charge in [0.05, 0.1) is 18.2 Å². The van der Waals surface area contributed by atoms with Crippen LogP contribution in [-0.4, -0.2) is 38.6 Å². The zero-order valence-electron chi connectivity index (χ0n) is 20.1. The van der Waals surface area contributed by atoms with Crippen molar-refractivity contribution in [1.29, 1.82) is 0 Å². The number of hydrogen-bond acceptors (Lipinski definition) is 9. The minimum Gasteiger partial charge on any atom is -0.507 e. The van der Waals surface area contributed by atoms with Crippen molar-refractivity contribution >= 4 is 57.3 Å². The Morgan fingerprint density at radius 2 is 1.76 bits per heavy atom. The van der Waals surface area contributed by atoms with E-state index in [1.165, 1.54) is 40.4 Å². The Bertz CT molecular complexity index is 1490. The molecule has 1 aliphatic heterocycles. The molecule has 1 aliphatic rings. The van der Waals surface area contributed by atoms with Gasteiger partial charge >= 0.3 is 5.91 Å². The number of carbonyl (C=O) groups excluding carboxylic acids is 2. The number of benzene rings is 2. The van der Waals surface area contributed by atoms with Gasteiger partial charge in [-0.3, -0.25) is 19.5 Å². The lowest BCUT2D eigenvalue weighted by molar-refractivity contribution is -0.132. The number of nitrogens with zero attached hydrogens (tertiary/aromatic N) is 4. The molecule has 0 spiro atoms. The fourth-order valence-electron chi connectivity index (χ4n) is 4.01. The highest BCUT2D eigenvalue weighted by atomic mass is 35.5. The fourth-order valence-corrected chi connectivity index (χ4v) is 5.96. The van der Waals surface area contributed by atoms with Gasteiger partial charge in [-0.15, -0.1) is 10.2 Å². The molecule has 1 fully saturated rings. The number of aliphatic hydroxyl groups excluding tert-OH is 1. The monoisotopic (exact) mass is 564 g/mol. The van der Waals surface area contributed by atoms with Crippen LogP contribution in [0.3, 0.4) is 0 Å². The Hall–Kier alpha value is -3.73. The summed E-state index contributed by atoms with van der Waals surface area (Å²) in [4.78, 5) is 31.9. The first-order valence-corrected chi connectivity index (χ1v) is 13.8. The summed E-state index contributed by atoms with van der Waals surface area (Å²) >= 11 is 8.64. The number of aliphatic hydroxyl groups is 1. The Morgan fingerprint density at radius 3 is 2.45 bits per heavy atom. The third kappa shape index (κ3) is 5.28. The van der Waals surface area contributed by atoms with Crippen LogP contribution in [0.4, 0.5) is 5.13 Å². The summed E-state index contributed by atoms with van der Waals surface area (Å²) in [6, 6.07) is 16.8. The summed E-state index contributed by atoms with van der Waals surface area (Å²) in [7, 11) is 0. The van der Waals surface area contributed by atoms with E-state index in [4.69, 9.17) is 16.3 Å². The Morgan fingerprint density at radius 1 is 1.05 bits per heavy atom. The zero-order valence-corrected chi connectivity index (χ0v) is 22.5. The van der Waals surface area contributed by atoms with E-state index in [2.05, 4.69) is 15.2 Å². The molecule has 1 amide bonds. The standard InChI is InChI=1S/C27H21ClN4O4S2/c1-2-36-20-9-5-17(6-10-20)22-21(23(33)18-11-13-29-14-12-18)24(34)25(35)32(22)26-30-31-27(38-26)37-15-16-3-7-19(28)8-4-16/h3-14,22,33H,2,15H2,1H3. The number of thioether (sulfide) groups is 1. The molecule has 1 N–H and O–H groups in total. The molecule has 0 saturated carbocycles. The maximum atomic E-state index is 13.3. The number of ether oxygens (including phenoxy) is 1. The molecule has 11 heteroatoms. The largest absolute Gasteiger partial charge is 0.507 e. The van der Waals surface area contributed by atoms with Crippen LogP contribution in [0.15, 0.2) is 83.0 Å². The summed E-state index contributed by atoms with van der Waals surface area (Å²) in [5, 5.41) is 20.6. The summed E-state index contributed by atoms with van der Waals surface area (Å²) in [5.41, 5.74) is 2.03. The fraction of sp³-hybridized carbons (Fsp3) is 0.148. The molecule has 38 heavy (non-hydrogen) atoms. The number of carbonyl (C=O) groups is 2. The Labute approximate surface area is 232 Å². The Balaban J connectivity index is 1.52. The number of rotatable bonds is 8. The predicted octanol–water partition coefficient (Wildman–Crippen LogP) is 5.90. The number of anilines is 1. The van der Waals surface area contributed by atoms with Crippen LogP contribution in [0.25, 0.3) is 5.76 Å². The Kier molecular flexibility index (Phi) is 7.73. The van der Waals surface area contributed by atoms with Crippen molar-refractivity contribution in [2.75, 3.05) is 11.5 Å². The first-order valence-electron chi connectivity index (χ1n) is 11.6. The third-order valence-corrected chi connectivity index (χ3v) is 8.16. The molecule has 192 valence electrons. The second-order valence-electron chi connectivity index (χ2n) is 8.17. The number of amides is 1.